The van der Waals surface area contributed by atoms with E-state index in [1.54, 1.807) is 29.4 Å². The lowest BCUT2D eigenvalue weighted by Gasteiger charge is -2.28. The molecule has 2 aromatic heterocycles. The number of nitrogens with one attached hydrogen (secondary N) is 1. The summed E-state index contributed by atoms with van der Waals surface area (Å²) >= 11 is 0. The molecule has 3 heterocycles. The molecular formula is C19H14F4N4O. The Bertz CT molecular complexity index is 1080. The molecule has 1 N–H and O–H groups in total. The number of pyridine rings is 1. The van der Waals surface area contributed by atoms with E-state index < -0.39 is 28.8 Å². The maximum absolute atomic E-state index is 13.9. The van der Waals surface area contributed by atoms with E-state index in [-0.39, 0.29) is 24.7 Å². The van der Waals surface area contributed by atoms with Gasteiger partial charge in [0.25, 0.3) is 5.56 Å². The van der Waals surface area contributed by atoms with Crippen molar-refractivity contribution >= 4 is 0 Å². The highest BCUT2D eigenvalue weighted by Gasteiger charge is 2.25. The van der Waals surface area contributed by atoms with Crippen molar-refractivity contribution in [3.05, 3.63) is 81.0 Å². The van der Waals surface area contributed by atoms with Crippen molar-refractivity contribution in [2.24, 2.45) is 0 Å². The number of benzene rings is 1. The Morgan fingerprint density at radius 2 is 1.89 bits per heavy atom. The molecule has 5 nitrogen and oxygen atoms in total. The highest BCUT2D eigenvalue weighted by molar-refractivity contribution is 5.53. The predicted octanol–water partition coefficient (Wildman–Crippen LogP) is 2.95. The van der Waals surface area contributed by atoms with Gasteiger partial charge in [-0.25, -0.2) is 22.5 Å². The molecule has 0 atom stereocenters. The molecule has 0 radical (unpaired) electrons. The quantitative estimate of drug-likeness (QED) is 0.552. The lowest BCUT2D eigenvalue weighted by atomic mass is 10.0. The van der Waals surface area contributed by atoms with Gasteiger partial charge in [-0.05, 0) is 12.1 Å². The Kier molecular flexibility index (Phi) is 4.68. The van der Waals surface area contributed by atoms with E-state index >= 15 is 0 Å². The van der Waals surface area contributed by atoms with E-state index in [1.807, 2.05) is 0 Å². The highest BCUT2D eigenvalue weighted by atomic mass is 19.2. The van der Waals surface area contributed by atoms with Gasteiger partial charge in [0.1, 0.15) is 5.82 Å². The van der Waals surface area contributed by atoms with Crippen LogP contribution in [0.25, 0.3) is 11.4 Å². The fraction of sp³-hybridized carbons (Fsp3) is 0.211. The molecule has 28 heavy (non-hydrogen) atoms. The van der Waals surface area contributed by atoms with E-state index in [0.29, 0.717) is 35.6 Å². The van der Waals surface area contributed by atoms with Crippen LogP contribution in [0.4, 0.5) is 17.6 Å². The van der Waals surface area contributed by atoms with Crippen molar-refractivity contribution in [1.29, 1.82) is 0 Å². The molecule has 1 aliphatic heterocycles. The molecule has 3 aromatic rings. The number of rotatable bonds is 3. The van der Waals surface area contributed by atoms with Crippen LogP contribution in [0.5, 0.6) is 0 Å². The first-order valence-electron chi connectivity index (χ1n) is 8.50. The van der Waals surface area contributed by atoms with E-state index in [0.717, 1.165) is 0 Å². The van der Waals surface area contributed by atoms with Gasteiger partial charge >= 0.3 is 0 Å². The minimum atomic E-state index is -1.45. The zero-order valence-corrected chi connectivity index (χ0v) is 14.5. The van der Waals surface area contributed by atoms with E-state index in [1.165, 1.54) is 0 Å². The van der Waals surface area contributed by atoms with Crippen LogP contribution in [0.2, 0.25) is 0 Å². The van der Waals surface area contributed by atoms with Crippen LogP contribution >= 0.6 is 0 Å². The molecule has 0 spiro atoms. The van der Waals surface area contributed by atoms with E-state index in [2.05, 4.69) is 15.0 Å². The number of hydrogen-bond donors (Lipinski definition) is 1. The first-order valence-corrected chi connectivity index (χ1v) is 8.50. The smallest absolute Gasteiger partial charge is 0.255 e. The summed E-state index contributed by atoms with van der Waals surface area (Å²) in [5, 5.41) is 0. The second-order valence-corrected chi connectivity index (χ2v) is 6.49. The summed E-state index contributed by atoms with van der Waals surface area (Å²) in [7, 11) is 0. The van der Waals surface area contributed by atoms with Gasteiger partial charge in [0.2, 0.25) is 0 Å². The van der Waals surface area contributed by atoms with Crippen LogP contribution in [0, 0.1) is 23.3 Å². The van der Waals surface area contributed by atoms with Crippen molar-refractivity contribution in [3.8, 4) is 11.4 Å². The summed E-state index contributed by atoms with van der Waals surface area (Å²) in [5.41, 5.74) is 0.517. The second kappa shape index (κ2) is 7.16. The van der Waals surface area contributed by atoms with E-state index in [9.17, 15) is 22.4 Å². The average molecular weight is 390 g/mol. The third-order valence-electron chi connectivity index (χ3n) is 4.67. The van der Waals surface area contributed by atoms with Crippen LogP contribution in [0.1, 0.15) is 16.8 Å². The second-order valence-electron chi connectivity index (χ2n) is 6.49. The first kappa shape index (κ1) is 18.3. The molecule has 1 aromatic carbocycles. The number of fused-ring (bicyclic) bond motifs is 1. The lowest BCUT2D eigenvalue weighted by molar-refractivity contribution is 0.232. The molecule has 1 aliphatic rings. The maximum atomic E-state index is 13.9. The minimum Gasteiger partial charge on any atom is -0.306 e. The molecule has 4 rings (SSSR count). The predicted molar refractivity (Wildman–Crippen MR) is 92.2 cm³/mol. The largest absolute Gasteiger partial charge is 0.306 e. The molecule has 9 heteroatoms. The standard InChI is InChI=1S/C19H14F4N4O/c20-13-6-14(21)17(23)12(16(13)22)9-27-5-3-15-11(8-27)19(28)26-18(25-15)10-2-1-4-24-7-10/h1-2,4,6-7H,3,5,8-9H2,(H,25,26,28). The molecule has 0 fully saturated rings. The first-order chi connectivity index (χ1) is 13.4. The Balaban J connectivity index is 1.62. The van der Waals surface area contributed by atoms with Crippen molar-refractivity contribution in [2.45, 2.75) is 19.5 Å². The molecule has 0 saturated heterocycles. The summed E-state index contributed by atoms with van der Waals surface area (Å²) in [6.45, 7) is 0.0184. The molecular weight excluding hydrogens is 376 g/mol. The van der Waals surface area contributed by atoms with Gasteiger partial charge in [0, 0.05) is 55.6 Å². The summed E-state index contributed by atoms with van der Waals surface area (Å²) in [6.07, 6.45) is 3.53. The fourth-order valence-corrected chi connectivity index (χ4v) is 3.24. The summed E-state index contributed by atoms with van der Waals surface area (Å²) in [4.78, 5) is 25.2. The number of aromatic nitrogens is 3. The third kappa shape index (κ3) is 3.29. The summed E-state index contributed by atoms with van der Waals surface area (Å²) in [6, 6.07) is 3.66. The SMILES string of the molecule is O=c1[nH]c(-c2cccnc2)nc2c1CN(Cc1c(F)c(F)cc(F)c1F)CC2. The van der Waals surface area contributed by atoms with Gasteiger partial charge in [-0.2, -0.15) is 0 Å². The molecule has 144 valence electrons. The fourth-order valence-electron chi connectivity index (χ4n) is 3.24. The van der Waals surface area contributed by atoms with Gasteiger partial charge in [0.05, 0.1) is 11.3 Å². The molecule has 0 bridgehead atoms. The Labute approximate surface area is 156 Å². The molecule has 0 unspecified atom stereocenters. The third-order valence-corrected chi connectivity index (χ3v) is 4.67. The van der Waals surface area contributed by atoms with Crippen LogP contribution < -0.4 is 5.56 Å². The van der Waals surface area contributed by atoms with Crippen LogP contribution in [0.15, 0.2) is 35.4 Å². The lowest BCUT2D eigenvalue weighted by Crippen LogP contribution is -2.36. The van der Waals surface area contributed by atoms with E-state index in [4.69, 9.17) is 0 Å². The van der Waals surface area contributed by atoms with Crippen LogP contribution in [-0.4, -0.2) is 26.4 Å². The van der Waals surface area contributed by atoms with Crippen molar-refractivity contribution in [3.63, 3.8) is 0 Å². The monoisotopic (exact) mass is 390 g/mol. The number of nitrogens with zero attached hydrogens (tertiary/aromatic N) is 3. The van der Waals surface area contributed by atoms with Crippen LogP contribution in [0.3, 0.4) is 0 Å². The van der Waals surface area contributed by atoms with Gasteiger partial charge in [-0.15, -0.1) is 0 Å². The van der Waals surface area contributed by atoms with Gasteiger partial charge < -0.3 is 4.98 Å². The Hall–Kier alpha value is -3.07. The Morgan fingerprint density at radius 1 is 1.14 bits per heavy atom. The number of halogens is 4. The van der Waals surface area contributed by atoms with Gasteiger partial charge in [-0.3, -0.25) is 14.7 Å². The Morgan fingerprint density at radius 3 is 2.57 bits per heavy atom. The minimum absolute atomic E-state index is 0.0575. The maximum Gasteiger partial charge on any atom is 0.255 e. The normalized spacial score (nSPS) is 14.1. The average Bonchev–Trinajstić information content (AvgIpc) is 2.70. The number of H-pyrrole nitrogens is 1. The highest BCUT2D eigenvalue weighted by Crippen LogP contribution is 2.24. The van der Waals surface area contributed by atoms with Gasteiger partial charge in [0.15, 0.2) is 23.3 Å². The molecule has 0 amide bonds. The number of hydrogen-bond acceptors (Lipinski definition) is 4. The molecule has 0 aliphatic carbocycles. The van der Waals surface area contributed by atoms with Crippen molar-refractivity contribution in [1.82, 2.24) is 19.9 Å². The van der Waals surface area contributed by atoms with Gasteiger partial charge in [-0.1, -0.05) is 0 Å². The zero-order valence-electron chi connectivity index (χ0n) is 14.5. The zero-order chi connectivity index (χ0) is 19.8. The van der Waals surface area contributed by atoms with Crippen molar-refractivity contribution in [2.75, 3.05) is 6.54 Å². The number of aromatic amines is 1. The van der Waals surface area contributed by atoms with Crippen LogP contribution in [-0.2, 0) is 19.5 Å². The topological polar surface area (TPSA) is 61.9 Å². The summed E-state index contributed by atoms with van der Waals surface area (Å²) < 4.78 is 54.7. The summed E-state index contributed by atoms with van der Waals surface area (Å²) in [5.74, 6) is -5.37. The van der Waals surface area contributed by atoms with Crippen molar-refractivity contribution < 1.29 is 17.6 Å². The molecule has 0 saturated carbocycles.